The molecular formula is C22H20N2O3. The van der Waals surface area contributed by atoms with Crippen LogP contribution < -0.4 is 5.32 Å². The van der Waals surface area contributed by atoms with Gasteiger partial charge in [0.05, 0.1) is 18.7 Å². The van der Waals surface area contributed by atoms with E-state index in [1.54, 1.807) is 37.3 Å². The van der Waals surface area contributed by atoms with E-state index in [1.807, 2.05) is 42.5 Å². The molecule has 2 aromatic carbocycles. The molecule has 5 nitrogen and oxygen atoms in total. The summed E-state index contributed by atoms with van der Waals surface area (Å²) in [5, 5.41) is 2.83. The minimum absolute atomic E-state index is 0.166. The van der Waals surface area contributed by atoms with Gasteiger partial charge in [-0.05, 0) is 36.8 Å². The number of esters is 1. The zero-order valence-electron chi connectivity index (χ0n) is 15.0. The van der Waals surface area contributed by atoms with Crippen molar-refractivity contribution in [1.82, 2.24) is 4.98 Å². The Morgan fingerprint density at radius 1 is 0.963 bits per heavy atom. The first-order valence-electron chi connectivity index (χ1n) is 8.74. The summed E-state index contributed by atoms with van der Waals surface area (Å²) in [7, 11) is 0. The number of carbonyl (C=O) groups is 2. The van der Waals surface area contributed by atoms with E-state index in [4.69, 9.17) is 4.74 Å². The molecule has 3 aromatic rings. The average Bonchev–Trinajstić information content (AvgIpc) is 2.69. The summed E-state index contributed by atoms with van der Waals surface area (Å²) in [5.41, 5.74) is 3.39. The van der Waals surface area contributed by atoms with Crippen molar-refractivity contribution in [3.05, 3.63) is 84.1 Å². The SMILES string of the molecule is CCOC(=O)Cc1cccc(NC(=O)c2cccc(-c3ccccc3)n2)c1. The Morgan fingerprint density at radius 3 is 2.52 bits per heavy atom. The zero-order chi connectivity index (χ0) is 19.1. The molecule has 5 heteroatoms. The Morgan fingerprint density at radius 2 is 1.74 bits per heavy atom. The predicted molar refractivity (Wildman–Crippen MR) is 104 cm³/mol. The molecule has 3 rings (SSSR count). The number of amides is 1. The molecule has 0 atom stereocenters. The van der Waals surface area contributed by atoms with Crippen LogP contribution in [0.25, 0.3) is 11.3 Å². The van der Waals surface area contributed by atoms with Crippen LogP contribution in [0.15, 0.2) is 72.8 Å². The second-order valence-corrected chi connectivity index (χ2v) is 5.91. The maximum absolute atomic E-state index is 12.6. The highest BCUT2D eigenvalue weighted by molar-refractivity contribution is 6.03. The van der Waals surface area contributed by atoms with E-state index in [2.05, 4.69) is 10.3 Å². The minimum atomic E-state index is -0.305. The molecule has 0 saturated heterocycles. The molecule has 1 aromatic heterocycles. The first-order valence-corrected chi connectivity index (χ1v) is 8.74. The third-order valence-electron chi connectivity index (χ3n) is 3.89. The van der Waals surface area contributed by atoms with Crippen molar-refractivity contribution >= 4 is 17.6 Å². The van der Waals surface area contributed by atoms with Gasteiger partial charge in [-0.15, -0.1) is 0 Å². The van der Waals surface area contributed by atoms with E-state index in [1.165, 1.54) is 0 Å². The fourth-order valence-corrected chi connectivity index (χ4v) is 2.66. The second kappa shape index (κ2) is 8.76. The highest BCUT2D eigenvalue weighted by atomic mass is 16.5. The maximum atomic E-state index is 12.6. The summed E-state index contributed by atoms with van der Waals surface area (Å²) in [6, 6.07) is 22.2. The summed E-state index contributed by atoms with van der Waals surface area (Å²) in [6.07, 6.45) is 0.166. The Kier molecular flexibility index (Phi) is 5.94. The average molecular weight is 360 g/mol. The summed E-state index contributed by atoms with van der Waals surface area (Å²) < 4.78 is 4.96. The predicted octanol–water partition coefficient (Wildman–Crippen LogP) is 4.11. The van der Waals surface area contributed by atoms with Crippen molar-refractivity contribution in [2.24, 2.45) is 0 Å². The van der Waals surface area contributed by atoms with Gasteiger partial charge in [0.1, 0.15) is 5.69 Å². The number of pyridine rings is 1. The standard InChI is InChI=1S/C22H20N2O3/c1-2-27-21(25)15-16-8-6-11-18(14-16)23-22(26)20-13-7-12-19(24-20)17-9-4-3-5-10-17/h3-14H,2,15H2,1H3,(H,23,26). The van der Waals surface area contributed by atoms with Gasteiger partial charge in [0, 0.05) is 11.3 Å². The molecule has 0 bridgehead atoms. The molecule has 0 aliphatic carbocycles. The number of benzene rings is 2. The van der Waals surface area contributed by atoms with E-state index < -0.39 is 0 Å². The Bertz CT molecular complexity index is 939. The molecule has 136 valence electrons. The first-order chi connectivity index (χ1) is 13.2. The van der Waals surface area contributed by atoms with Crippen LogP contribution in [-0.4, -0.2) is 23.5 Å². The lowest BCUT2D eigenvalue weighted by molar-refractivity contribution is -0.142. The number of nitrogens with zero attached hydrogens (tertiary/aromatic N) is 1. The number of nitrogens with one attached hydrogen (secondary N) is 1. The van der Waals surface area contributed by atoms with Gasteiger partial charge in [-0.2, -0.15) is 0 Å². The minimum Gasteiger partial charge on any atom is -0.466 e. The van der Waals surface area contributed by atoms with Crippen LogP contribution in [0.1, 0.15) is 23.0 Å². The number of anilines is 1. The number of rotatable bonds is 6. The van der Waals surface area contributed by atoms with Crippen LogP contribution in [0.4, 0.5) is 5.69 Å². The summed E-state index contributed by atoms with van der Waals surface area (Å²) in [6.45, 7) is 2.11. The van der Waals surface area contributed by atoms with Crippen LogP contribution in [0.2, 0.25) is 0 Å². The van der Waals surface area contributed by atoms with Crippen LogP contribution >= 0.6 is 0 Å². The van der Waals surface area contributed by atoms with E-state index in [-0.39, 0.29) is 18.3 Å². The summed E-state index contributed by atoms with van der Waals surface area (Å²) in [5.74, 6) is -0.598. The molecule has 0 saturated carbocycles. The van der Waals surface area contributed by atoms with Crippen molar-refractivity contribution in [1.29, 1.82) is 0 Å². The highest BCUT2D eigenvalue weighted by Crippen LogP contribution is 2.18. The molecule has 1 amide bonds. The summed E-state index contributed by atoms with van der Waals surface area (Å²) in [4.78, 5) is 28.6. The third-order valence-corrected chi connectivity index (χ3v) is 3.89. The monoisotopic (exact) mass is 360 g/mol. The van der Waals surface area contributed by atoms with Crippen LogP contribution in [0.3, 0.4) is 0 Å². The van der Waals surface area contributed by atoms with Crippen LogP contribution in [0, 0.1) is 0 Å². The maximum Gasteiger partial charge on any atom is 0.310 e. The van der Waals surface area contributed by atoms with Gasteiger partial charge in [-0.25, -0.2) is 4.98 Å². The quantitative estimate of drug-likeness (QED) is 0.672. The number of ether oxygens (including phenoxy) is 1. The van der Waals surface area contributed by atoms with E-state index in [9.17, 15) is 9.59 Å². The molecule has 0 unspecified atom stereocenters. The smallest absolute Gasteiger partial charge is 0.310 e. The Labute approximate surface area is 158 Å². The molecule has 27 heavy (non-hydrogen) atoms. The molecule has 0 aliphatic rings. The van der Waals surface area contributed by atoms with Gasteiger partial charge >= 0.3 is 5.97 Å². The fraction of sp³-hybridized carbons (Fsp3) is 0.136. The number of hydrogen-bond acceptors (Lipinski definition) is 4. The van der Waals surface area contributed by atoms with E-state index >= 15 is 0 Å². The van der Waals surface area contributed by atoms with Crippen molar-refractivity contribution in [2.75, 3.05) is 11.9 Å². The van der Waals surface area contributed by atoms with E-state index in [0.717, 1.165) is 16.8 Å². The molecule has 1 N–H and O–H groups in total. The fourth-order valence-electron chi connectivity index (χ4n) is 2.66. The van der Waals surface area contributed by atoms with Crippen molar-refractivity contribution in [2.45, 2.75) is 13.3 Å². The van der Waals surface area contributed by atoms with Gasteiger partial charge in [0.2, 0.25) is 0 Å². The molecule has 0 spiro atoms. The molecule has 0 fully saturated rings. The molecule has 0 radical (unpaired) electrons. The highest BCUT2D eigenvalue weighted by Gasteiger charge is 2.11. The van der Waals surface area contributed by atoms with Crippen molar-refractivity contribution in [3.8, 4) is 11.3 Å². The van der Waals surface area contributed by atoms with Gasteiger partial charge < -0.3 is 10.1 Å². The molecule has 0 aliphatic heterocycles. The van der Waals surface area contributed by atoms with Gasteiger partial charge in [-0.1, -0.05) is 48.5 Å². The first kappa shape index (κ1) is 18.3. The zero-order valence-corrected chi connectivity index (χ0v) is 15.0. The summed E-state index contributed by atoms with van der Waals surface area (Å²) >= 11 is 0. The van der Waals surface area contributed by atoms with Gasteiger partial charge in [-0.3, -0.25) is 9.59 Å². The Balaban J connectivity index is 1.73. The third kappa shape index (κ3) is 5.01. The van der Waals surface area contributed by atoms with Gasteiger partial charge in [0.15, 0.2) is 0 Å². The number of carbonyl (C=O) groups excluding carboxylic acids is 2. The Hall–Kier alpha value is -3.47. The topological polar surface area (TPSA) is 68.3 Å². The van der Waals surface area contributed by atoms with E-state index in [0.29, 0.717) is 18.0 Å². The lowest BCUT2D eigenvalue weighted by Gasteiger charge is -2.08. The number of hydrogen-bond donors (Lipinski definition) is 1. The normalized spacial score (nSPS) is 10.3. The number of aromatic nitrogens is 1. The van der Waals surface area contributed by atoms with Crippen LogP contribution in [-0.2, 0) is 16.0 Å². The molecular weight excluding hydrogens is 340 g/mol. The molecule has 1 heterocycles. The lowest BCUT2D eigenvalue weighted by atomic mass is 10.1. The second-order valence-electron chi connectivity index (χ2n) is 5.91. The van der Waals surface area contributed by atoms with Gasteiger partial charge in [0.25, 0.3) is 5.91 Å². The lowest BCUT2D eigenvalue weighted by Crippen LogP contribution is -2.14. The van der Waals surface area contributed by atoms with Crippen LogP contribution in [0.5, 0.6) is 0 Å². The van der Waals surface area contributed by atoms with Crippen molar-refractivity contribution < 1.29 is 14.3 Å². The van der Waals surface area contributed by atoms with Crippen molar-refractivity contribution in [3.63, 3.8) is 0 Å². The largest absolute Gasteiger partial charge is 0.466 e.